The maximum atomic E-state index is 12.7. The number of hydrogen-bond acceptors (Lipinski definition) is 5. The summed E-state index contributed by atoms with van der Waals surface area (Å²) in [6.45, 7) is 3.11. The maximum Gasteiger partial charge on any atom is 0.274 e. The zero-order valence-electron chi connectivity index (χ0n) is 16.0. The molecule has 1 aliphatic heterocycles. The van der Waals surface area contributed by atoms with E-state index in [0.29, 0.717) is 18.9 Å². The van der Waals surface area contributed by atoms with Crippen molar-refractivity contribution in [2.75, 3.05) is 6.61 Å². The summed E-state index contributed by atoms with van der Waals surface area (Å²) in [6.07, 6.45) is 0. The minimum absolute atomic E-state index is 0.0166. The molecule has 2 amide bonds. The van der Waals surface area contributed by atoms with Crippen molar-refractivity contribution in [2.45, 2.75) is 26.1 Å². The number of hydrogen-bond donors (Lipinski definition) is 2. The first-order valence-corrected chi connectivity index (χ1v) is 9.45. The van der Waals surface area contributed by atoms with Gasteiger partial charge in [0.25, 0.3) is 11.8 Å². The molecule has 0 aliphatic carbocycles. The first-order chi connectivity index (χ1) is 14.2. The fraction of sp³-hybridized carbons (Fsp3) is 0.238. The Morgan fingerprint density at radius 3 is 2.76 bits per heavy atom. The number of rotatable bonds is 6. The Morgan fingerprint density at radius 1 is 1.21 bits per heavy atom. The fourth-order valence-corrected chi connectivity index (χ4v) is 3.34. The average molecular weight is 391 g/mol. The minimum atomic E-state index is -0.453. The van der Waals surface area contributed by atoms with E-state index in [0.717, 1.165) is 11.1 Å². The molecule has 3 aromatic rings. The normalized spacial score (nSPS) is 15.3. The van der Waals surface area contributed by atoms with Crippen molar-refractivity contribution in [1.82, 2.24) is 25.6 Å². The number of nitrogens with one attached hydrogen (secondary N) is 2. The number of carbonyl (C=O) groups excluding carboxylic acids is 2. The summed E-state index contributed by atoms with van der Waals surface area (Å²) in [5, 5.41) is 13.7. The van der Waals surface area contributed by atoms with E-state index in [1.54, 1.807) is 0 Å². The lowest BCUT2D eigenvalue weighted by Crippen LogP contribution is -2.40. The molecular formula is C21H21N5O3. The number of ether oxygens (including phenoxy) is 1. The van der Waals surface area contributed by atoms with E-state index in [1.165, 1.54) is 4.68 Å². The average Bonchev–Trinajstić information content (AvgIpc) is 3.18. The van der Waals surface area contributed by atoms with E-state index < -0.39 is 5.91 Å². The molecule has 0 unspecified atom stereocenters. The van der Waals surface area contributed by atoms with Crippen molar-refractivity contribution in [3.8, 4) is 5.75 Å². The van der Waals surface area contributed by atoms with Crippen LogP contribution in [0.2, 0.25) is 0 Å². The Hall–Kier alpha value is -3.68. The summed E-state index contributed by atoms with van der Waals surface area (Å²) in [5.74, 6) is -0.107. The highest BCUT2D eigenvalue weighted by Crippen LogP contribution is 2.22. The van der Waals surface area contributed by atoms with E-state index in [2.05, 4.69) is 20.9 Å². The van der Waals surface area contributed by atoms with Crippen LogP contribution in [0.3, 0.4) is 0 Å². The summed E-state index contributed by atoms with van der Waals surface area (Å²) in [5.41, 5.74) is 2.01. The number of para-hydroxylation sites is 1. The van der Waals surface area contributed by atoms with E-state index in [1.807, 2.05) is 61.5 Å². The van der Waals surface area contributed by atoms with Crippen LogP contribution in [0.25, 0.3) is 0 Å². The van der Waals surface area contributed by atoms with Gasteiger partial charge in [0.15, 0.2) is 11.4 Å². The molecule has 8 heteroatoms. The van der Waals surface area contributed by atoms with Crippen LogP contribution in [0, 0.1) is 0 Å². The highest BCUT2D eigenvalue weighted by Gasteiger charge is 2.32. The standard InChI is InChI=1S/C21H21N5O3/c1-2-29-17-11-7-6-10-15(17)12-22-20(27)18-19-21(28)23-16(13-26(19)25-24-18)14-8-4-3-5-9-14/h3-11,16H,2,12-13H2,1H3,(H,22,27)(H,23,28)/t16-/m1/s1. The van der Waals surface area contributed by atoms with Gasteiger partial charge in [-0.1, -0.05) is 53.7 Å². The third-order valence-corrected chi connectivity index (χ3v) is 4.74. The fourth-order valence-electron chi connectivity index (χ4n) is 3.34. The van der Waals surface area contributed by atoms with Crippen LogP contribution in [0.1, 0.15) is 45.1 Å². The monoisotopic (exact) mass is 391 g/mol. The molecular weight excluding hydrogens is 370 g/mol. The predicted molar refractivity (Wildman–Crippen MR) is 105 cm³/mol. The van der Waals surface area contributed by atoms with Gasteiger partial charge in [-0.25, -0.2) is 4.68 Å². The van der Waals surface area contributed by atoms with Gasteiger partial charge in [0.1, 0.15) is 5.75 Å². The SMILES string of the molecule is CCOc1ccccc1CNC(=O)c1nnn2c1C(=O)N[C@@H](c1ccccc1)C2. The molecule has 148 valence electrons. The lowest BCUT2D eigenvalue weighted by Gasteiger charge is -2.24. The quantitative estimate of drug-likeness (QED) is 0.671. The second kappa shape index (κ2) is 8.14. The molecule has 2 N–H and O–H groups in total. The molecule has 1 aromatic heterocycles. The zero-order valence-corrected chi connectivity index (χ0v) is 16.0. The second-order valence-corrected chi connectivity index (χ2v) is 6.63. The van der Waals surface area contributed by atoms with Gasteiger partial charge in [-0.3, -0.25) is 9.59 Å². The molecule has 1 aliphatic rings. The van der Waals surface area contributed by atoms with Crippen molar-refractivity contribution in [3.63, 3.8) is 0 Å². The van der Waals surface area contributed by atoms with Crippen LogP contribution in [0.5, 0.6) is 5.75 Å². The first kappa shape index (κ1) is 18.7. The largest absolute Gasteiger partial charge is 0.494 e. The highest BCUT2D eigenvalue weighted by atomic mass is 16.5. The van der Waals surface area contributed by atoms with E-state index in [9.17, 15) is 9.59 Å². The Morgan fingerprint density at radius 2 is 1.97 bits per heavy atom. The van der Waals surface area contributed by atoms with Crippen LogP contribution >= 0.6 is 0 Å². The summed E-state index contributed by atoms with van der Waals surface area (Å²) < 4.78 is 7.06. The molecule has 0 bridgehead atoms. The number of amides is 2. The van der Waals surface area contributed by atoms with Crippen molar-refractivity contribution >= 4 is 11.8 Å². The van der Waals surface area contributed by atoms with Crippen LogP contribution in [-0.4, -0.2) is 33.4 Å². The highest BCUT2D eigenvalue weighted by molar-refractivity contribution is 6.05. The molecule has 4 rings (SSSR count). The van der Waals surface area contributed by atoms with Crippen LogP contribution in [0.4, 0.5) is 0 Å². The lowest BCUT2D eigenvalue weighted by molar-refractivity contribution is 0.0876. The van der Waals surface area contributed by atoms with E-state index in [-0.39, 0.29) is 29.9 Å². The van der Waals surface area contributed by atoms with Gasteiger partial charge in [-0.2, -0.15) is 0 Å². The Labute approximate surface area is 167 Å². The topological polar surface area (TPSA) is 98.1 Å². The third-order valence-electron chi connectivity index (χ3n) is 4.74. The molecule has 8 nitrogen and oxygen atoms in total. The first-order valence-electron chi connectivity index (χ1n) is 9.45. The van der Waals surface area contributed by atoms with E-state index >= 15 is 0 Å². The molecule has 0 radical (unpaired) electrons. The molecule has 0 spiro atoms. The van der Waals surface area contributed by atoms with Crippen molar-refractivity contribution < 1.29 is 14.3 Å². The number of aromatic nitrogens is 3. The Kier molecular flexibility index (Phi) is 5.24. The summed E-state index contributed by atoms with van der Waals surface area (Å²) >= 11 is 0. The van der Waals surface area contributed by atoms with Crippen LogP contribution < -0.4 is 15.4 Å². The summed E-state index contributed by atoms with van der Waals surface area (Å²) in [4.78, 5) is 25.3. The Balaban J connectivity index is 1.49. The van der Waals surface area contributed by atoms with Gasteiger partial charge in [-0.05, 0) is 18.6 Å². The predicted octanol–water partition coefficient (Wildman–Crippen LogP) is 2.09. The summed E-state index contributed by atoms with van der Waals surface area (Å²) in [7, 11) is 0. The summed E-state index contributed by atoms with van der Waals surface area (Å²) in [6, 6.07) is 16.9. The molecule has 0 saturated carbocycles. The maximum absolute atomic E-state index is 12.7. The smallest absolute Gasteiger partial charge is 0.274 e. The molecule has 1 atom stereocenters. The number of benzene rings is 2. The number of nitrogens with zero attached hydrogens (tertiary/aromatic N) is 3. The molecule has 2 heterocycles. The molecule has 2 aromatic carbocycles. The lowest BCUT2D eigenvalue weighted by atomic mass is 10.0. The van der Waals surface area contributed by atoms with Gasteiger partial charge in [0.2, 0.25) is 0 Å². The molecule has 0 fully saturated rings. The minimum Gasteiger partial charge on any atom is -0.494 e. The third kappa shape index (κ3) is 3.82. The van der Waals surface area contributed by atoms with Gasteiger partial charge in [0, 0.05) is 12.1 Å². The molecule has 29 heavy (non-hydrogen) atoms. The van der Waals surface area contributed by atoms with Crippen LogP contribution in [0.15, 0.2) is 54.6 Å². The molecule has 0 saturated heterocycles. The van der Waals surface area contributed by atoms with Gasteiger partial charge in [-0.15, -0.1) is 5.10 Å². The number of fused-ring (bicyclic) bond motifs is 1. The van der Waals surface area contributed by atoms with Crippen molar-refractivity contribution in [3.05, 3.63) is 77.1 Å². The van der Waals surface area contributed by atoms with Crippen LogP contribution in [-0.2, 0) is 13.1 Å². The van der Waals surface area contributed by atoms with Gasteiger partial charge >= 0.3 is 0 Å². The van der Waals surface area contributed by atoms with Crippen molar-refractivity contribution in [2.24, 2.45) is 0 Å². The number of carbonyl (C=O) groups is 2. The van der Waals surface area contributed by atoms with Gasteiger partial charge in [0.05, 0.1) is 19.2 Å². The van der Waals surface area contributed by atoms with Crippen molar-refractivity contribution in [1.29, 1.82) is 0 Å². The Bertz CT molecular complexity index is 1030. The second-order valence-electron chi connectivity index (χ2n) is 6.63. The zero-order chi connectivity index (χ0) is 20.2. The van der Waals surface area contributed by atoms with E-state index in [4.69, 9.17) is 4.74 Å². The van der Waals surface area contributed by atoms with Gasteiger partial charge < -0.3 is 15.4 Å².